The molecule has 0 radical (unpaired) electrons. The minimum atomic E-state index is -0.240. The monoisotopic (exact) mass is 391 g/mol. The van der Waals surface area contributed by atoms with Gasteiger partial charge in [0, 0.05) is 30.6 Å². The van der Waals surface area contributed by atoms with Crippen LogP contribution < -0.4 is 5.32 Å². The number of amides is 1. The lowest BCUT2D eigenvalue weighted by Crippen LogP contribution is -2.12. The predicted octanol–water partition coefficient (Wildman–Crippen LogP) is 3.27. The van der Waals surface area contributed by atoms with Crippen molar-refractivity contribution in [3.8, 4) is 11.3 Å². The molecule has 1 fully saturated rings. The van der Waals surface area contributed by atoms with Gasteiger partial charge in [0.2, 0.25) is 0 Å². The van der Waals surface area contributed by atoms with Gasteiger partial charge in [-0.25, -0.2) is 4.98 Å². The van der Waals surface area contributed by atoms with Crippen LogP contribution in [0.1, 0.15) is 42.1 Å². The van der Waals surface area contributed by atoms with Gasteiger partial charge in [0.15, 0.2) is 0 Å². The third-order valence-corrected chi connectivity index (χ3v) is 5.12. The van der Waals surface area contributed by atoms with E-state index >= 15 is 0 Å². The summed E-state index contributed by atoms with van der Waals surface area (Å²) in [5, 5.41) is 14.1. The van der Waals surface area contributed by atoms with Gasteiger partial charge in [-0.05, 0) is 38.0 Å². The van der Waals surface area contributed by atoms with E-state index in [2.05, 4.69) is 30.6 Å². The van der Waals surface area contributed by atoms with Crippen LogP contribution in [-0.2, 0) is 11.3 Å². The maximum Gasteiger partial charge on any atom is 0.259 e. The number of nitrogens with zero attached hydrogens (tertiary/aromatic N) is 4. The molecule has 0 aliphatic carbocycles. The average Bonchev–Trinajstić information content (AvgIpc) is 3.53. The number of carbonyl (C=O) groups is 1. The van der Waals surface area contributed by atoms with Crippen molar-refractivity contribution in [1.29, 1.82) is 0 Å². The number of imidazole rings is 1. The highest BCUT2D eigenvalue weighted by molar-refractivity contribution is 6.08. The Labute approximate surface area is 166 Å². The smallest absolute Gasteiger partial charge is 0.259 e. The van der Waals surface area contributed by atoms with Crippen molar-refractivity contribution in [3.63, 3.8) is 0 Å². The molecule has 3 aromatic heterocycles. The second-order valence-corrected chi connectivity index (χ2v) is 7.05. The molecule has 1 aromatic carbocycles. The van der Waals surface area contributed by atoms with Gasteiger partial charge in [-0.3, -0.25) is 14.6 Å². The van der Waals surface area contributed by atoms with Crippen LogP contribution in [0.2, 0.25) is 0 Å². The summed E-state index contributed by atoms with van der Waals surface area (Å²) in [7, 11) is 0. The maximum absolute atomic E-state index is 12.9. The second-order valence-electron chi connectivity index (χ2n) is 7.05. The van der Waals surface area contributed by atoms with E-state index in [1.54, 1.807) is 10.9 Å². The Morgan fingerprint density at radius 2 is 2.31 bits per heavy atom. The van der Waals surface area contributed by atoms with Gasteiger partial charge in [0.1, 0.15) is 11.9 Å². The van der Waals surface area contributed by atoms with Crippen molar-refractivity contribution in [1.82, 2.24) is 29.9 Å². The lowest BCUT2D eigenvalue weighted by atomic mass is 10.1. The van der Waals surface area contributed by atoms with E-state index in [-0.39, 0.29) is 12.0 Å². The number of hydrogen-bond donors (Lipinski definition) is 3. The summed E-state index contributed by atoms with van der Waals surface area (Å²) < 4.78 is 7.50. The number of aryl methyl sites for hydroxylation is 1. The molecule has 29 heavy (non-hydrogen) atoms. The summed E-state index contributed by atoms with van der Waals surface area (Å²) in [6.45, 7) is 3.54. The highest BCUT2D eigenvalue weighted by atomic mass is 16.5. The number of nitrogens with one attached hydrogen (secondary N) is 3. The molecule has 1 amide bonds. The number of fused-ring (bicyclic) bond motifs is 1. The van der Waals surface area contributed by atoms with Crippen molar-refractivity contribution < 1.29 is 9.53 Å². The van der Waals surface area contributed by atoms with E-state index < -0.39 is 0 Å². The fraction of sp³-hybridized carbons (Fsp3) is 0.300. The standard InChI is InChI=1S/C20H21N7O2/c1-2-27-11-12(9-22-27)18-14(10-21-26-18)20(28)23-13-5-6-15-16(8-13)25-19(24-15)17-4-3-7-29-17/h5-6,8-11,17H,2-4,7H2,1H3,(H,21,26)(H,23,28)(H,24,25). The highest BCUT2D eigenvalue weighted by Crippen LogP contribution is 2.29. The van der Waals surface area contributed by atoms with E-state index in [0.29, 0.717) is 16.9 Å². The Morgan fingerprint density at radius 1 is 1.38 bits per heavy atom. The van der Waals surface area contributed by atoms with Crippen molar-refractivity contribution in [2.45, 2.75) is 32.4 Å². The van der Waals surface area contributed by atoms with E-state index in [0.717, 1.165) is 48.4 Å². The first-order valence-corrected chi connectivity index (χ1v) is 9.70. The third-order valence-electron chi connectivity index (χ3n) is 5.12. The lowest BCUT2D eigenvalue weighted by Gasteiger charge is -2.05. The van der Waals surface area contributed by atoms with Crippen LogP contribution in [0.5, 0.6) is 0 Å². The number of aromatic amines is 2. The van der Waals surface area contributed by atoms with Gasteiger partial charge in [-0.1, -0.05) is 0 Å². The van der Waals surface area contributed by atoms with E-state index in [1.165, 1.54) is 6.20 Å². The zero-order valence-electron chi connectivity index (χ0n) is 16.0. The second kappa shape index (κ2) is 7.17. The molecule has 1 unspecified atom stereocenters. The van der Waals surface area contributed by atoms with Crippen molar-refractivity contribution in [3.05, 3.63) is 48.2 Å². The molecule has 5 rings (SSSR count). The molecule has 9 heteroatoms. The predicted molar refractivity (Wildman–Crippen MR) is 107 cm³/mol. The molecule has 1 saturated heterocycles. The Bertz CT molecular complexity index is 1170. The van der Waals surface area contributed by atoms with Gasteiger partial charge in [0.05, 0.1) is 34.7 Å². The lowest BCUT2D eigenvalue weighted by molar-refractivity contribution is 0.102. The number of H-pyrrole nitrogens is 2. The van der Waals surface area contributed by atoms with Crippen LogP contribution in [0.3, 0.4) is 0 Å². The largest absolute Gasteiger partial charge is 0.370 e. The Kier molecular flexibility index (Phi) is 4.36. The Hall–Kier alpha value is -3.46. The minimum Gasteiger partial charge on any atom is -0.370 e. The van der Waals surface area contributed by atoms with Crippen LogP contribution in [0.25, 0.3) is 22.3 Å². The quantitative estimate of drug-likeness (QED) is 0.483. The van der Waals surface area contributed by atoms with E-state index in [9.17, 15) is 4.79 Å². The molecule has 0 saturated carbocycles. The highest BCUT2D eigenvalue weighted by Gasteiger charge is 2.21. The van der Waals surface area contributed by atoms with Gasteiger partial charge in [-0.2, -0.15) is 10.2 Å². The summed E-state index contributed by atoms with van der Waals surface area (Å²) in [4.78, 5) is 20.8. The fourth-order valence-electron chi connectivity index (χ4n) is 3.60. The summed E-state index contributed by atoms with van der Waals surface area (Å²) in [6.07, 6.45) is 7.18. The van der Waals surface area contributed by atoms with E-state index in [1.807, 2.05) is 31.3 Å². The Balaban J connectivity index is 1.38. The number of anilines is 1. The first-order valence-electron chi connectivity index (χ1n) is 9.70. The number of hydrogen-bond acceptors (Lipinski definition) is 5. The molecule has 1 aliphatic heterocycles. The summed E-state index contributed by atoms with van der Waals surface area (Å²) in [5.41, 5.74) is 4.33. The molecule has 1 aliphatic rings. The number of aromatic nitrogens is 6. The van der Waals surface area contributed by atoms with Gasteiger partial charge in [0.25, 0.3) is 5.91 Å². The summed E-state index contributed by atoms with van der Waals surface area (Å²) >= 11 is 0. The molecule has 0 spiro atoms. The molecule has 3 N–H and O–H groups in total. The van der Waals surface area contributed by atoms with Crippen LogP contribution >= 0.6 is 0 Å². The number of ether oxygens (including phenoxy) is 1. The fourth-order valence-corrected chi connectivity index (χ4v) is 3.60. The molecule has 4 aromatic rings. The van der Waals surface area contributed by atoms with Gasteiger partial charge >= 0.3 is 0 Å². The van der Waals surface area contributed by atoms with Gasteiger partial charge in [-0.15, -0.1) is 0 Å². The van der Waals surface area contributed by atoms with Crippen LogP contribution in [0.4, 0.5) is 5.69 Å². The average molecular weight is 391 g/mol. The molecule has 148 valence electrons. The molecule has 1 atom stereocenters. The third kappa shape index (κ3) is 3.29. The zero-order valence-corrected chi connectivity index (χ0v) is 16.0. The normalized spacial score (nSPS) is 16.5. The number of rotatable bonds is 5. The van der Waals surface area contributed by atoms with Crippen LogP contribution in [0, 0.1) is 0 Å². The minimum absolute atomic E-state index is 0.0259. The summed E-state index contributed by atoms with van der Waals surface area (Å²) in [6, 6.07) is 5.62. The molecular weight excluding hydrogens is 370 g/mol. The van der Waals surface area contributed by atoms with Gasteiger partial charge < -0.3 is 15.0 Å². The number of benzene rings is 1. The van der Waals surface area contributed by atoms with Crippen molar-refractivity contribution in [2.75, 3.05) is 11.9 Å². The molecular formula is C20H21N7O2. The first kappa shape index (κ1) is 17.6. The summed E-state index contributed by atoms with van der Waals surface area (Å²) in [5.74, 6) is 0.599. The SMILES string of the molecule is CCn1cc(-c2[nH]ncc2C(=O)Nc2ccc3nc(C4CCCO4)[nH]c3c2)cn1. The first-order chi connectivity index (χ1) is 14.2. The van der Waals surface area contributed by atoms with Crippen molar-refractivity contribution >= 4 is 22.6 Å². The van der Waals surface area contributed by atoms with Crippen LogP contribution in [0.15, 0.2) is 36.8 Å². The zero-order chi connectivity index (χ0) is 19.8. The van der Waals surface area contributed by atoms with Crippen molar-refractivity contribution in [2.24, 2.45) is 0 Å². The number of carbonyl (C=O) groups excluding carboxylic acids is 1. The van der Waals surface area contributed by atoms with E-state index in [4.69, 9.17) is 4.74 Å². The molecule has 9 nitrogen and oxygen atoms in total. The molecule has 0 bridgehead atoms. The molecule has 4 heterocycles. The topological polar surface area (TPSA) is 114 Å². The maximum atomic E-state index is 12.9. The Morgan fingerprint density at radius 3 is 3.10 bits per heavy atom. The van der Waals surface area contributed by atoms with Crippen LogP contribution in [-0.4, -0.2) is 42.5 Å².